The Morgan fingerprint density at radius 1 is 1.53 bits per heavy atom. The van der Waals surface area contributed by atoms with Crippen molar-refractivity contribution in [2.75, 3.05) is 24.5 Å². The Kier molecular flexibility index (Phi) is 4.58. The Labute approximate surface area is 114 Å². The summed E-state index contributed by atoms with van der Waals surface area (Å²) in [5.41, 5.74) is 5.63. The van der Waals surface area contributed by atoms with Crippen LogP contribution >= 0.6 is 0 Å². The third-order valence-electron chi connectivity index (χ3n) is 3.62. The van der Waals surface area contributed by atoms with E-state index in [-0.39, 0.29) is 5.56 Å². The average molecular weight is 264 g/mol. The van der Waals surface area contributed by atoms with Crippen LogP contribution in [0, 0.1) is 11.8 Å². The van der Waals surface area contributed by atoms with Crippen LogP contribution in [-0.4, -0.2) is 29.2 Å². The van der Waals surface area contributed by atoms with E-state index >= 15 is 0 Å². The zero-order chi connectivity index (χ0) is 13.8. The summed E-state index contributed by atoms with van der Waals surface area (Å²) in [4.78, 5) is 18.8. The van der Waals surface area contributed by atoms with Crippen molar-refractivity contribution in [3.63, 3.8) is 0 Å². The second-order valence-electron chi connectivity index (χ2n) is 5.78. The molecule has 1 aromatic heterocycles. The maximum absolute atomic E-state index is 12.4. The molecule has 1 saturated heterocycles. The third-order valence-corrected chi connectivity index (χ3v) is 3.62. The summed E-state index contributed by atoms with van der Waals surface area (Å²) in [5.74, 6) is 1.66. The van der Waals surface area contributed by atoms with Crippen molar-refractivity contribution in [3.8, 4) is 0 Å². The largest absolute Gasteiger partial charge is 0.352 e. The van der Waals surface area contributed by atoms with Crippen LogP contribution in [0.25, 0.3) is 0 Å². The Balaban J connectivity index is 2.15. The van der Waals surface area contributed by atoms with Gasteiger partial charge in [-0.2, -0.15) is 0 Å². The van der Waals surface area contributed by atoms with Crippen molar-refractivity contribution < 1.29 is 0 Å². The van der Waals surface area contributed by atoms with Crippen LogP contribution in [0.15, 0.2) is 17.2 Å². The van der Waals surface area contributed by atoms with Crippen molar-refractivity contribution in [1.29, 1.82) is 0 Å². The molecule has 19 heavy (non-hydrogen) atoms. The lowest BCUT2D eigenvalue weighted by Gasteiger charge is -2.18. The molecule has 0 radical (unpaired) electrons. The molecule has 0 spiro atoms. The molecule has 1 aromatic rings. The minimum absolute atomic E-state index is 0.0320. The van der Waals surface area contributed by atoms with Crippen molar-refractivity contribution in [1.82, 2.24) is 9.55 Å². The smallest absolute Gasteiger partial charge is 0.293 e. The highest BCUT2D eigenvalue weighted by Gasteiger charge is 2.25. The molecule has 2 rings (SSSR count). The predicted molar refractivity (Wildman–Crippen MR) is 77.3 cm³/mol. The number of anilines is 1. The van der Waals surface area contributed by atoms with Crippen molar-refractivity contribution in [2.24, 2.45) is 17.6 Å². The number of hydrogen-bond donors (Lipinski definition) is 1. The van der Waals surface area contributed by atoms with Crippen LogP contribution in [0.1, 0.15) is 26.7 Å². The number of hydrogen-bond acceptors (Lipinski definition) is 4. The molecule has 5 heteroatoms. The van der Waals surface area contributed by atoms with Gasteiger partial charge in [-0.1, -0.05) is 13.8 Å². The molecule has 0 saturated carbocycles. The first-order chi connectivity index (χ1) is 9.11. The molecule has 1 atom stereocenters. The fourth-order valence-corrected chi connectivity index (χ4v) is 2.69. The number of nitrogens with two attached hydrogens (primary N) is 1. The summed E-state index contributed by atoms with van der Waals surface area (Å²) in [7, 11) is 0. The summed E-state index contributed by atoms with van der Waals surface area (Å²) in [5, 5.41) is 0. The number of aromatic nitrogens is 2. The van der Waals surface area contributed by atoms with Gasteiger partial charge in [0.05, 0.1) is 0 Å². The van der Waals surface area contributed by atoms with Crippen LogP contribution in [-0.2, 0) is 6.54 Å². The predicted octanol–water partition coefficient (Wildman–Crippen LogP) is 1.07. The Morgan fingerprint density at radius 3 is 3.00 bits per heavy atom. The molecule has 1 aliphatic heterocycles. The lowest BCUT2D eigenvalue weighted by Crippen LogP contribution is -2.32. The van der Waals surface area contributed by atoms with Gasteiger partial charge in [-0.05, 0) is 31.2 Å². The van der Waals surface area contributed by atoms with E-state index in [1.54, 1.807) is 17.0 Å². The number of rotatable bonds is 5. The summed E-state index contributed by atoms with van der Waals surface area (Å²) in [6.07, 6.45) is 5.65. The van der Waals surface area contributed by atoms with Gasteiger partial charge in [-0.25, -0.2) is 4.98 Å². The van der Waals surface area contributed by atoms with Gasteiger partial charge < -0.3 is 15.2 Å². The topological polar surface area (TPSA) is 64.2 Å². The van der Waals surface area contributed by atoms with Gasteiger partial charge in [0.15, 0.2) is 5.82 Å². The second kappa shape index (κ2) is 6.19. The SMILES string of the molecule is CC(C)Cn1ccnc(N2CCC(CCN)C2)c1=O. The van der Waals surface area contributed by atoms with E-state index in [1.807, 2.05) is 0 Å². The first-order valence-corrected chi connectivity index (χ1v) is 7.12. The molecule has 5 nitrogen and oxygen atoms in total. The van der Waals surface area contributed by atoms with E-state index in [1.165, 1.54) is 0 Å². The highest BCUT2D eigenvalue weighted by atomic mass is 16.1. The van der Waals surface area contributed by atoms with Gasteiger partial charge in [0.25, 0.3) is 5.56 Å². The van der Waals surface area contributed by atoms with E-state index in [0.29, 0.717) is 17.7 Å². The zero-order valence-electron chi connectivity index (χ0n) is 11.9. The van der Waals surface area contributed by atoms with E-state index in [4.69, 9.17) is 5.73 Å². The molecule has 1 aliphatic rings. The monoisotopic (exact) mass is 264 g/mol. The van der Waals surface area contributed by atoms with Crippen molar-refractivity contribution in [3.05, 3.63) is 22.7 Å². The van der Waals surface area contributed by atoms with Crippen LogP contribution < -0.4 is 16.2 Å². The standard InChI is InChI=1S/C14H24N4O/c1-11(2)9-18-8-6-16-13(14(18)19)17-7-4-12(10-17)3-5-15/h6,8,11-12H,3-5,7,9-10,15H2,1-2H3. The van der Waals surface area contributed by atoms with E-state index in [0.717, 1.165) is 39.0 Å². The molecule has 0 aromatic carbocycles. The van der Waals surface area contributed by atoms with Gasteiger partial charge in [-0.15, -0.1) is 0 Å². The Hall–Kier alpha value is -1.36. The molecule has 0 amide bonds. The van der Waals surface area contributed by atoms with E-state index in [9.17, 15) is 4.79 Å². The first-order valence-electron chi connectivity index (χ1n) is 7.12. The van der Waals surface area contributed by atoms with Crippen LogP contribution in [0.2, 0.25) is 0 Å². The lowest BCUT2D eigenvalue weighted by molar-refractivity contribution is 0.508. The van der Waals surface area contributed by atoms with Gasteiger partial charge in [0.2, 0.25) is 0 Å². The highest BCUT2D eigenvalue weighted by molar-refractivity contribution is 5.37. The maximum atomic E-state index is 12.4. The fraction of sp³-hybridized carbons (Fsp3) is 0.714. The first kappa shape index (κ1) is 14.1. The van der Waals surface area contributed by atoms with E-state index in [2.05, 4.69) is 23.7 Å². The quantitative estimate of drug-likeness (QED) is 0.864. The lowest BCUT2D eigenvalue weighted by atomic mass is 10.1. The Bertz CT molecular complexity index is 469. The fourth-order valence-electron chi connectivity index (χ4n) is 2.69. The molecular formula is C14H24N4O. The minimum Gasteiger partial charge on any atom is -0.352 e. The molecule has 2 N–H and O–H groups in total. The number of nitrogens with zero attached hydrogens (tertiary/aromatic N) is 3. The van der Waals surface area contributed by atoms with Gasteiger partial charge in [0.1, 0.15) is 0 Å². The van der Waals surface area contributed by atoms with Gasteiger partial charge in [-0.3, -0.25) is 4.79 Å². The molecule has 0 aliphatic carbocycles. The van der Waals surface area contributed by atoms with E-state index < -0.39 is 0 Å². The summed E-state index contributed by atoms with van der Waals surface area (Å²) >= 11 is 0. The molecule has 2 heterocycles. The Morgan fingerprint density at radius 2 is 2.32 bits per heavy atom. The van der Waals surface area contributed by atoms with Crippen molar-refractivity contribution in [2.45, 2.75) is 33.2 Å². The van der Waals surface area contributed by atoms with Crippen LogP contribution in [0.5, 0.6) is 0 Å². The molecule has 1 unspecified atom stereocenters. The molecular weight excluding hydrogens is 240 g/mol. The third kappa shape index (κ3) is 3.35. The van der Waals surface area contributed by atoms with Crippen molar-refractivity contribution >= 4 is 5.82 Å². The average Bonchev–Trinajstić information content (AvgIpc) is 2.80. The summed E-state index contributed by atoms with van der Waals surface area (Å²) in [6, 6.07) is 0. The highest BCUT2D eigenvalue weighted by Crippen LogP contribution is 2.21. The normalized spacial score (nSPS) is 19.4. The minimum atomic E-state index is 0.0320. The zero-order valence-corrected chi connectivity index (χ0v) is 11.9. The molecule has 1 fully saturated rings. The summed E-state index contributed by atoms with van der Waals surface area (Å²) < 4.78 is 1.77. The second-order valence-corrected chi connectivity index (χ2v) is 5.78. The van der Waals surface area contributed by atoms with Crippen LogP contribution in [0.4, 0.5) is 5.82 Å². The van der Waals surface area contributed by atoms with Crippen LogP contribution in [0.3, 0.4) is 0 Å². The molecule has 106 valence electrons. The summed E-state index contributed by atoms with van der Waals surface area (Å²) in [6.45, 7) is 7.51. The maximum Gasteiger partial charge on any atom is 0.293 e. The molecule has 0 bridgehead atoms. The van der Waals surface area contributed by atoms with Gasteiger partial charge >= 0.3 is 0 Å². The van der Waals surface area contributed by atoms with Gasteiger partial charge in [0, 0.05) is 32.0 Å².